The van der Waals surface area contributed by atoms with Gasteiger partial charge in [0, 0.05) is 17.7 Å². The van der Waals surface area contributed by atoms with Crippen LogP contribution in [-0.2, 0) is 4.79 Å². The van der Waals surface area contributed by atoms with E-state index in [4.69, 9.17) is 5.11 Å². The van der Waals surface area contributed by atoms with Gasteiger partial charge in [0.2, 0.25) is 0 Å². The molecule has 0 aromatic heterocycles. The maximum atomic E-state index is 10.6. The van der Waals surface area contributed by atoms with Gasteiger partial charge in [0.05, 0.1) is 4.92 Å². The highest BCUT2D eigenvalue weighted by atomic mass is 16.6. The molecule has 0 unspecified atom stereocenters. The first-order valence-corrected chi connectivity index (χ1v) is 4.46. The number of hydrogen-bond donors (Lipinski definition) is 1. The van der Waals surface area contributed by atoms with E-state index in [0.29, 0.717) is 11.1 Å². The Morgan fingerprint density at radius 1 is 1.50 bits per heavy atom. The summed E-state index contributed by atoms with van der Waals surface area (Å²) in [6.07, 6.45) is -0.276. The Hall–Kier alpha value is -2.35. The number of nitro benzene ring substituents is 1. The van der Waals surface area contributed by atoms with Crippen molar-refractivity contribution in [3.8, 4) is 11.8 Å². The molecular formula is C11H9NO4. The van der Waals surface area contributed by atoms with Gasteiger partial charge in [-0.25, -0.2) is 0 Å². The lowest BCUT2D eigenvalue weighted by molar-refractivity contribution is -0.384. The largest absolute Gasteiger partial charge is 0.481 e. The van der Waals surface area contributed by atoms with Crippen LogP contribution in [0.25, 0.3) is 0 Å². The molecule has 82 valence electrons. The second-order valence-electron chi connectivity index (χ2n) is 3.19. The number of benzene rings is 1. The third-order valence-corrected chi connectivity index (χ3v) is 1.75. The molecule has 0 spiro atoms. The third kappa shape index (κ3) is 3.42. The molecule has 0 aliphatic rings. The summed E-state index contributed by atoms with van der Waals surface area (Å²) in [7, 11) is 0. The molecule has 1 rings (SSSR count). The fraction of sp³-hybridized carbons (Fsp3) is 0.182. The van der Waals surface area contributed by atoms with Gasteiger partial charge in [0.1, 0.15) is 6.42 Å². The van der Waals surface area contributed by atoms with Gasteiger partial charge in [-0.3, -0.25) is 14.9 Å². The van der Waals surface area contributed by atoms with Crippen molar-refractivity contribution in [1.29, 1.82) is 0 Å². The molecule has 0 amide bonds. The quantitative estimate of drug-likeness (QED) is 0.466. The van der Waals surface area contributed by atoms with Gasteiger partial charge in [-0.2, -0.15) is 0 Å². The molecule has 0 atom stereocenters. The smallest absolute Gasteiger partial charge is 0.315 e. The van der Waals surface area contributed by atoms with Gasteiger partial charge in [-0.1, -0.05) is 11.8 Å². The van der Waals surface area contributed by atoms with Crippen molar-refractivity contribution < 1.29 is 14.8 Å². The van der Waals surface area contributed by atoms with Crippen molar-refractivity contribution in [3.63, 3.8) is 0 Å². The lowest BCUT2D eigenvalue weighted by atomic mass is 10.1. The zero-order valence-corrected chi connectivity index (χ0v) is 8.56. The van der Waals surface area contributed by atoms with Gasteiger partial charge in [0.25, 0.3) is 5.69 Å². The summed E-state index contributed by atoms with van der Waals surface area (Å²) in [5, 5.41) is 18.9. The van der Waals surface area contributed by atoms with E-state index in [-0.39, 0.29) is 12.1 Å². The summed E-state index contributed by atoms with van der Waals surface area (Å²) < 4.78 is 0. The molecule has 0 saturated heterocycles. The van der Waals surface area contributed by atoms with Crippen molar-refractivity contribution >= 4 is 11.7 Å². The second-order valence-corrected chi connectivity index (χ2v) is 3.19. The van der Waals surface area contributed by atoms with E-state index in [1.807, 2.05) is 0 Å². The normalized spacial score (nSPS) is 9.06. The first kappa shape index (κ1) is 11.7. The molecule has 16 heavy (non-hydrogen) atoms. The number of aryl methyl sites for hydroxylation is 1. The minimum atomic E-state index is -1.02. The first-order valence-electron chi connectivity index (χ1n) is 4.46. The molecule has 0 aliphatic carbocycles. The van der Waals surface area contributed by atoms with Crippen LogP contribution in [0.2, 0.25) is 0 Å². The van der Waals surface area contributed by atoms with E-state index in [1.54, 1.807) is 13.0 Å². The number of non-ortho nitro benzene ring substituents is 1. The molecule has 0 radical (unpaired) electrons. The van der Waals surface area contributed by atoms with Crippen molar-refractivity contribution in [1.82, 2.24) is 0 Å². The van der Waals surface area contributed by atoms with E-state index in [9.17, 15) is 14.9 Å². The molecular weight excluding hydrogens is 210 g/mol. The predicted octanol–water partition coefficient (Wildman–Crippen LogP) is 1.73. The summed E-state index contributed by atoms with van der Waals surface area (Å²) >= 11 is 0. The van der Waals surface area contributed by atoms with Crippen LogP contribution in [0, 0.1) is 28.9 Å². The average Bonchev–Trinajstić information content (AvgIpc) is 2.16. The van der Waals surface area contributed by atoms with Crippen LogP contribution in [0.1, 0.15) is 17.5 Å². The van der Waals surface area contributed by atoms with Gasteiger partial charge < -0.3 is 5.11 Å². The topological polar surface area (TPSA) is 80.4 Å². The van der Waals surface area contributed by atoms with Crippen LogP contribution in [0.5, 0.6) is 0 Å². The van der Waals surface area contributed by atoms with E-state index in [1.165, 1.54) is 12.1 Å². The van der Waals surface area contributed by atoms with Gasteiger partial charge in [-0.05, 0) is 18.6 Å². The zero-order chi connectivity index (χ0) is 12.1. The SMILES string of the molecule is Cc1cc(C#CCC(=O)O)cc([N+](=O)[O-])c1. The summed E-state index contributed by atoms with van der Waals surface area (Å²) in [4.78, 5) is 20.3. The van der Waals surface area contributed by atoms with Gasteiger partial charge >= 0.3 is 5.97 Å². The summed E-state index contributed by atoms with van der Waals surface area (Å²) in [6, 6.07) is 4.42. The number of rotatable bonds is 2. The van der Waals surface area contributed by atoms with Crippen LogP contribution in [0.15, 0.2) is 18.2 Å². The summed E-state index contributed by atoms with van der Waals surface area (Å²) in [5.41, 5.74) is 1.13. The zero-order valence-electron chi connectivity index (χ0n) is 8.56. The molecule has 1 aromatic carbocycles. The second kappa shape index (κ2) is 4.94. The van der Waals surface area contributed by atoms with Crippen LogP contribution >= 0.6 is 0 Å². The average molecular weight is 219 g/mol. The van der Waals surface area contributed by atoms with Crippen LogP contribution < -0.4 is 0 Å². The maximum absolute atomic E-state index is 10.6. The fourth-order valence-corrected chi connectivity index (χ4v) is 1.16. The molecule has 5 heteroatoms. The monoisotopic (exact) mass is 219 g/mol. The number of nitrogens with zero attached hydrogens (tertiary/aromatic N) is 1. The lowest BCUT2D eigenvalue weighted by Gasteiger charge is -1.95. The highest BCUT2D eigenvalue weighted by molar-refractivity contribution is 5.70. The van der Waals surface area contributed by atoms with E-state index >= 15 is 0 Å². The third-order valence-electron chi connectivity index (χ3n) is 1.75. The predicted molar refractivity (Wildman–Crippen MR) is 57.0 cm³/mol. The number of carboxylic acid groups (broad SMARTS) is 1. The number of carbonyl (C=O) groups is 1. The van der Waals surface area contributed by atoms with Crippen molar-refractivity contribution in [2.75, 3.05) is 0 Å². The van der Waals surface area contributed by atoms with E-state index in [0.717, 1.165) is 0 Å². The van der Waals surface area contributed by atoms with Crippen molar-refractivity contribution in [2.24, 2.45) is 0 Å². The van der Waals surface area contributed by atoms with Crippen LogP contribution in [-0.4, -0.2) is 16.0 Å². The Labute approximate surface area is 91.9 Å². The molecule has 5 nitrogen and oxygen atoms in total. The molecule has 1 aromatic rings. The summed E-state index contributed by atoms with van der Waals surface area (Å²) in [6.45, 7) is 1.72. The molecule has 0 bridgehead atoms. The minimum Gasteiger partial charge on any atom is -0.481 e. The van der Waals surface area contributed by atoms with Crippen molar-refractivity contribution in [3.05, 3.63) is 39.4 Å². The highest BCUT2D eigenvalue weighted by Crippen LogP contribution is 2.15. The maximum Gasteiger partial charge on any atom is 0.315 e. The van der Waals surface area contributed by atoms with Gasteiger partial charge in [0.15, 0.2) is 0 Å². The number of carboxylic acids is 1. The minimum absolute atomic E-state index is 0.0420. The molecule has 0 fully saturated rings. The highest BCUT2D eigenvalue weighted by Gasteiger charge is 2.06. The first-order chi connectivity index (χ1) is 7.49. The standard InChI is InChI=1S/C11H9NO4/c1-8-5-9(3-2-4-11(13)14)7-10(6-8)12(15)16/h5-7H,4H2,1H3,(H,13,14). The van der Waals surface area contributed by atoms with Crippen LogP contribution in [0.4, 0.5) is 5.69 Å². The fourth-order valence-electron chi connectivity index (χ4n) is 1.16. The Kier molecular flexibility index (Phi) is 3.62. The lowest BCUT2D eigenvalue weighted by Crippen LogP contribution is -1.91. The molecule has 0 saturated carbocycles. The Bertz CT molecular complexity index is 496. The Balaban J connectivity index is 2.99. The molecule has 0 aliphatic heterocycles. The Morgan fingerprint density at radius 2 is 2.19 bits per heavy atom. The Morgan fingerprint density at radius 3 is 2.75 bits per heavy atom. The number of hydrogen-bond acceptors (Lipinski definition) is 3. The molecule has 0 heterocycles. The van der Waals surface area contributed by atoms with E-state index in [2.05, 4.69) is 11.8 Å². The number of nitro groups is 1. The summed E-state index contributed by atoms with van der Waals surface area (Å²) in [5.74, 6) is 3.98. The number of aliphatic carboxylic acids is 1. The molecule has 1 N–H and O–H groups in total. The van der Waals surface area contributed by atoms with Crippen molar-refractivity contribution in [2.45, 2.75) is 13.3 Å². The van der Waals surface area contributed by atoms with Crippen LogP contribution in [0.3, 0.4) is 0 Å². The van der Waals surface area contributed by atoms with E-state index < -0.39 is 10.9 Å². The van der Waals surface area contributed by atoms with Gasteiger partial charge in [-0.15, -0.1) is 0 Å².